The van der Waals surface area contributed by atoms with Crippen molar-refractivity contribution in [2.75, 3.05) is 33.2 Å². The summed E-state index contributed by atoms with van der Waals surface area (Å²) in [6, 6.07) is 0. The molecule has 1 atom stereocenters. The van der Waals surface area contributed by atoms with Crippen LogP contribution in [0.3, 0.4) is 0 Å². The van der Waals surface area contributed by atoms with Crippen molar-refractivity contribution >= 4 is 0 Å². The first kappa shape index (κ1) is 9.96. The molecule has 1 N–H and O–H groups in total. The largest absolute Gasteiger partial charge is 0.312 e. The molecule has 1 fully saturated rings. The Labute approximate surface area is 75.5 Å². The minimum Gasteiger partial charge on any atom is -0.312 e. The molecule has 0 aromatic carbocycles. The van der Waals surface area contributed by atoms with E-state index in [1.807, 2.05) is 0 Å². The molecule has 1 rings (SSSR count). The lowest BCUT2D eigenvalue weighted by molar-refractivity contribution is 0.176. The fourth-order valence-corrected chi connectivity index (χ4v) is 1.44. The smallest absolute Gasteiger partial charge is 0.0885 e. The lowest BCUT2D eigenvalue weighted by Crippen LogP contribution is -2.52. The van der Waals surface area contributed by atoms with Crippen LogP contribution in [0.25, 0.3) is 0 Å². The third-order valence-electron chi connectivity index (χ3n) is 2.33. The highest BCUT2D eigenvalue weighted by Gasteiger charge is 2.16. The van der Waals surface area contributed by atoms with E-state index in [0.717, 1.165) is 19.6 Å². The van der Waals surface area contributed by atoms with Gasteiger partial charge < -0.3 is 5.32 Å². The maximum Gasteiger partial charge on any atom is 0.0885 e. The second-order valence-corrected chi connectivity index (χ2v) is 3.43. The average Bonchev–Trinajstić information content (AvgIpc) is 2.15. The summed E-state index contributed by atoms with van der Waals surface area (Å²) in [5, 5.41) is 7.90. The Morgan fingerprint density at radius 1 is 1.58 bits per heavy atom. The Balaban J connectivity index is 2.15. The van der Waals surface area contributed by atoms with Crippen LogP contribution < -0.4 is 10.6 Å². The fraction of sp³-hybridized carbons (Fsp3) is 1.00. The normalized spacial score (nSPS) is 24.8. The van der Waals surface area contributed by atoms with Crippen molar-refractivity contribution in [3.8, 4) is 0 Å². The topological polar surface area (TPSA) is 29.4 Å². The van der Waals surface area contributed by atoms with E-state index in [0.29, 0.717) is 6.17 Å². The van der Waals surface area contributed by atoms with Gasteiger partial charge in [-0.15, -0.1) is 0 Å². The van der Waals surface area contributed by atoms with Gasteiger partial charge in [0.15, 0.2) is 0 Å². The van der Waals surface area contributed by atoms with Crippen molar-refractivity contribution in [3.05, 3.63) is 0 Å². The molecular weight excluding hydrogens is 150 g/mol. The van der Waals surface area contributed by atoms with Gasteiger partial charge in [0.1, 0.15) is 0 Å². The molecular formula is C9H20N3. The number of piperazine rings is 1. The zero-order valence-corrected chi connectivity index (χ0v) is 8.21. The molecule has 1 saturated heterocycles. The summed E-state index contributed by atoms with van der Waals surface area (Å²) in [6.07, 6.45) is 2.97. The number of rotatable bonds is 4. The number of hydrogen-bond donors (Lipinski definition) is 1. The van der Waals surface area contributed by atoms with Gasteiger partial charge in [-0.05, 0) is 20.0 Å². The number of unbranched alkanes of at least 4 members (excludes halogenated alkanes) is 1. The van der Waals surface area contributed by atoms with E-state index in [-0.39, 0.29) is 0 Å². The van der Waals surface area contributed by atoms with Crippen molar-refractivity contribution < 1.29 is 0 Å². The molecule has 1 aliphatic rings. The molecule has 0 aromatic heterocycles. The van der Waals surface area contributed by atoms with Crippen LogP contribution in [0.1, 0.15) is 19.8 Å². The number of hydrogen-bond acceptors (Lipinski definition) is 2. The molecule has 0 amide bonds. The molecule has 0 spiro atoms. The zero-order chi connectivity index (χ0) is 8.81. The highest BCUT2D eigenvalue weighted by Crippen LogP contribution is 1.99. The monoisotopic (exact) mass is 170 g/mol. The summed E-state index contributed by atoms with van der Waals surface area (Å²) in [5.41, 5.74) is 0. The van der Waals surface area contributed by atoms with Crippen LogP contribution in [0.15, 0.2) is 0 Å². The first-order chi connectivity index (χ1) is 5.84. The molecule has 1 unspecified atom stereocenters. The van der Waals surface area contributed by atoms with Gasteiger partial charge in [-0.3, -0.25) is 4.90 Å². The van der Waals surface area contributed by atoms with Gasteiger partial charge in [0.2, 0.25) is 0 Å². The van der Waals surface area contributed by atoms with Crippen LogP contribution in [0.4, 0.5) is 0 Å². The maximum atomic E-state index is 4.55. The summed E-state index contributed by atoms with van der Waals surface area (Å²) in [5.74, 6) is 0. The van der Waals surface area contributed by atoms with Crippen molar-refractivity contribution in [3.63, 3.8) is 0 Å². The Morgan fingerprint density at radius 3 is 3.00 bits per heavy atom. The van der Waals surface area contributed by atoms with Gasteiger partial charge in [-0.2, -0.15) is 0 Å². The first-order valence-corrected chi connectivity index (χ1v) is 4.92. The van der Waals surface area contributed by atoms with Gasteiger partial charge in [-0.1, -0.05) is 13.3 Å². The number of nitrogens with zero attached hydrogens (tertiary/aromatic N) is 2. The quantitative estimate of drug-likeness (QED) is 0.655. The van der Waals surface area contributed by atoms with Crippen molar-refractivity contribution in [1.82, 2.24) is 15.5 Å². The molecule has 0 aromatic rings. The lowest BCUT2D eigenvalue weighted by Gasteiger charge is -2.31. The molecule has 3 nitrogen and oxygen atoms in total. The minimum absolute atomic E-state index is 0.422. The predicted octanol–water partition coefficient (Wildman–Crippen LogP) is 0.252. The number of nitrogens with one attached hydrogen (secondary N) is 1. The molecule has 1 radical (unpaired) electrons. The van der Waals surface area contributed by atoms with Gasteiger partial charge >= 0.3 is 0 Å². The predicted molar refractivity (Wildman–Crippen MR) is 51.2 cm³/mol. The second-order valence-electron chi connectivity index (χ2n) is 3.43. The van der Waals surface area contributed by atoms with E-state index in [1.54, 1.807) is 0 Å². The van der Waals surface area contributed by atoms with E-state index in [9.17, 15) is 0 Å². The van der Waals surface area contributed by atoms with Crippen molar-refractivity contribution in [1.29, 1.82) is 0 Å². The summed E-state index contributed by atoms with van der Waals surface area (Å²) in [7, 11) is 2.16. The lowest BCUT2D eigenvalue weighted by atomic mass is 10.3. The van der Waals surface area contributed by atoms with Crippen LogP contribution in [0, 0.1) is 0 Å². The maximum absolute atomic E-state index is 4.55. The van der Waals surface area contributed by atoms with Crippen LogP contribution in [-0.2, 0) is 0 Å². The van der Waals surface area contributed by atoms with E-state index >= 15 is 0 Å². The van der Waals surface area contributed by atoms with Crippen LogP contribution in [0.5, 0.6) is 0 Å². The third kappa shape index (κ3) is 3.09. The molecule has 12 heavy (non-hydrogen) atoms. The number of likely N-dealkylation sites (N-methyl/N-ethyl adjacent to an activating group) is 1. The summed E-state index contributed by atoms with van der Waals surface area (Å²) >= 11 is 0. The molecule has 71 valence electrons. The molecule has 1 aliphatic heterocycles. The SMILES string of the molecule is CCCCN(C)C1CNCC[N]1. The summed E-state index contributed by atoms with van der Waals surface area (Å²) in [6.45, 7) is 6.45. The molecule has 3 heteroatoms. The van der Waals surface area contributed by atoms with Gasteiger partial charge in [0.25, 0.3) is 0 Å². The third-order valence-corrected chi connectivity index (χ3v) is 2.33. The summed E-state index contributed by atoms with van der Waals surface area (Å²) in [4.78, 5) is 2.34. The van der Waals surface area contributed by atoms with Crippen molar-refractivity contribution in [2.45, 2.75) is 25.9 Å². The highest BCUT2D eigenvalue weighted by molar-refractivity contribution is 4.73. The summed E-state index contributed by atoms with van der Waals surface area (Å²) < 4.78 is 0. The Bertz CT molecular complexity index is 110. The first-order valence-electron chi connectivity index (χ1n) is 4.92. The molecule has 1 heterocycles. The van der Waals surface area contributed by atoms with Gasteiger partial charge in [-0.25, -0.2) is 5.32 Å². The van der Waals surface area contributed by atoms with Gasteiger partial charge in [0.05, 0.1) is 6.17 Å². The highest BCUT2D eigenvalue weighted by atomic mass is 15.3. The Kier molecular flexibility index (Phi) is 4.58. The Morgan fingerprint density at radius 2 is 2.42 bits per heavy atom. The Hall–Kier alpha value is -0.120. The van der Waals surface area contributed by atoms with Crippen LogP contribution in [0.2, 0.25) is 0 Å². The van der Waals surface area contributed by atoms with E-state index < -0.39 is 0 Å². The molecule has 0 bridgehead atoms. The zero-order valence-electron chi connectivity index (χ0n) is 8.21. The molecule has 0 aliphatic carbocycles. The van der Waals surface area contributed by atoms with Crippen LogP contribution >= 0.6 is 0 Å². The van der Waals surface area contributed by atoms with E-state index in [1.165, 1.54) is 19.4 Å². The standard InChI is InChI=1S/C9H20N3/c1-3-4-7-12(2)9-8-10-5-6-11-9/h9-10H,3-8H2,1-2H3. The minimum atomic E-state index is 0.422. The van der Waals surface area contributed by atoms with E-state index in [2.05, 4.69) is 29.5 Å². The van der Waals surface area contributed by atoms with Crippen molar-refractivity contribution in [2.24, 2.45) is 0 Å². The van der Waals surface area contributed by atoms with Gasteiger partial charge in [0, 0.05) is 19.6 Å². The second kappa shape index (κ2) is 5.51. The molecule has 0 saturated carbocycles. The average molecular weight is 170 g/mol. The van der Waals surface area contributed by atoms with Crippen LogP contribution in [-0.4, -0.2) is 44.3 Å². The fourth-order valence-electron chi connectivity index (χ4n) is 1.44. The van der Waals surface area contributed by atoms with E-state index in [4.69, 9.17) is 0 Å².